The molecule has 31 nitrogen and oxygen atoms in total. The molecule has 0 aromatic heterocycles. The number of aliphatic hydroxyl groups excluding tert-OH is 15. The molecule has 0 spiro atoms. The highest BCUT2D eigenvalue weighted by Gasteiger charge is 2.74. The second kappa shape index (κ2) is 29.4. The minimum atomic E-state index is -2.07. The third kappa shape index (κ3) is 13.3. The number of carbonyl (C=O) groups is 3. The van der Waals surface area contributed by atoms with E-state index in [1.54, 1.807) is 24.3 Å². The van der Waals surface area contributed by atoms with Crippen LogP contribution in [0.1, 0.15) is 112 Å². The Balaban J connectivity index is 0.845. The zero-order valence-electron chi connectivity index (χ0n) is 57.3. The molecular formula is C69H102O31. The van der Waals surface area contributed by atoms with Gasteiger partial charge in [-0.25, -0.2) is 4.79 Å². The number of fused-ring (bicyclic) bond motifs is 7. The van der Waals surface area contributed by atoms with E-state index in [2.05, 4.69) is 26.8 Å². The first-order valence-corrected chi connectivity index (χ1v) is 34.6. The highest BCUT2D eigenvalue weighted by atomic mass is 16.8. The second-order valence-corrected chi connectivity index (χ2v) is 31.0. The summed E-state index contributed by atoms with van der Waals surface area (Å²) in [4.78, 5) is 43.5. The number of ether oxygens (including phenoxy) is 12. The van der Waals surface area contributed by atoms with Crippen molar-refractivity contribution in [2.45, 2.75) is 266 Å². The molecule has 5 aliphatic carbocycles. The molecule has 100 heavy (non-hydrogen) atoms. The van der Waals surface area contributed by atoms with E-state index in [1.807, 2.05) is 6.92 Å². The second-order valence-electron chi connectivity index (χ2n) is 31.0. The molecule has 2 unspecified atom stereocenters. The molecule has 0 amide bonds. The molecule has 4 saturated carbocycles. The molecule has 1 aromatic rings. The van der Waals surface area contributed by atoms with E-state index in [-0.39, 0.29) is 50.0 Å². The van der Waals surface area contributed by atoms with Gasteiger partial charge >= 0.3 is 17.9 Å². The number of benzene rings is 1. The Morgan fingerprint density at radius 2 is 1.15 bits per heavy atom. The fraction of sp³-hybridized carbons (Fsp3) is 0.812. The lowest BCUT2D eigenvalue weighted by Crippen LogP contribution is -2.71. The summed E-state index contributed by atoms with van der Waals surface area (Å²) >= 11 is 0. The van der Waals surface area contributed by atoms with Crippen LogP contribution in [0.3, 0.4) is 0 Å². The first-order chi connectivity index (χ1) is 47.1. The van der Waals surface area contributed by atoms with E-state index in [0.717, 1.165) is 11.6 Å². The molecule has 0 radical (unpaired) electrons. The number of carboxylic acid groups (broad SMARTS) is 1. The molecule has 0 bridgehead atoms. The predicted molar refractivity (Wildman–Crippen MR) is 337 cm³/mol. The van der Waals surface area contributed by atoms with Gasteiger partial charge in [-0.15, -0.1) is 0 Å². The van der Waals surface area contributed by atoms with E-state index in [9.17, 15) is 91.3 Å². The average Bonchev–Trinajstić information content (AvgIpc) is 0.669. The Morgan fingerprint density at radius 3 is 1.76 bits per heavy atom. The number of methoxy groups -OCH3 is 1. The predicted octanol–water partition coefficient (Wildman–Crippen LogP) is -2.24. The third-order valence-corrected chi connectivity index (χ3v) is 24.9. The van der Waals surface area contributed by atoms with Crippen LogP contribution < -0.4 is 4.74 Å². The molecule has 31 heteroatoms. The fourth-order valence-electron chi connectivity index (χ4n) is 19.0. The van der Waals surface area contributed by atoms with Gasteiger partial charge in [-0.1, -0.05) is 51.5 Å². The summed E-state index contributed by atoms with van der Waals surface area (Å²) in [5.41, 5.74) is -4.89. The maximum absolute atomic E-state index is 15.9. The molecular weight excluding hydrogens is 1320 g/mol. The number of hydrogen-bond donors (Lipinski definition) is 16. The molecule has 5 heterocycles. The molecule has 564 valence electrons. The Labute approximate surface area is 578 Å². The van der Waals surface area contributed by atoms with Gasteiger partial charge in [0.1, 0.15) is 103 Å². The monoisotopic (exact) mass is 1430 g/mol. The summed E-state index contributed by atoms with van der Waals surface area (Å²) in [5, 5.41) is 177. The van der Waals surface area contributed by atoms with Gasteiger partial charge in [0.15, 0.2) is 37.4 Å². The Bertz CT molecular complexity index is 3100. The minimum absolute atomic E-state index is 0.00740. The SMILES string of the molecule is COc1ccc(/C=C/C(=O)O[C@@H]2[C@H](O)[C@@H](O[C@@H]3O[C@@H](C)[C@H](O[C@@H]4OC[C@@H](O[C@@H]5O[C@H](CO)[C@H](O)[C@H](O)[C@H]5O)[C@H](O)[C@H]4O)[C@@H](O)[C@H]3O)[C@H](OC(=O)[C@]34CCC(C)(C)C[C@H]3C3=CCC5[C@@]6(C)C[C@H](O)[C@H](O[C@@H]7O[C@H](CO)[C@@H](O)[C@H](O)[C@H]7O)[C@@](C)(C(=O)O)C6CC[C@@]5(C)[C@]3(CO)CC4)O[C@@H]2C)cc1. The van der Waals surface area contributed by atoms with Crippen molar-refractivity contribution in [2.24, 2.45) is 50.2 Å². The number of aliphatic carboxylic acids is 1. The van der Waals surface area contributed by atoms with Crippen LogP contribution in [-0.4, -0.2) is 293 Å². The van der Waals surface area contributed by atoms with Gasteiger partial charge in [0.25, 0.3) is 0 Å². The summed E-state index contributed by atoms with van der Waals surface area (Å²) in [7, 11) is 1.50. The van der Waals surface area contributed by atoms with Gasteiger partial charge in [-0.05, 0) is 136 Å². The van der Waals surface area contributed by atoms with Crippen LogP contribution in [-0.2, 0) is 66.5 Å². The zero-order valence-corrected chi connectivity index (χ0v) is 57.3. The third-order valence-electron chi connectivity index (χ3n) is 24.9. The largest absolute Gasteiger partial charge is 0.497 e. The van der Waals surface area contributed by atoms with Crippen molar-refractivity contribution in [2.75, 3.05) is 33.5 Å². The van der Waals surface area contributed by atoms with Crippen molar-refractivity contribution in [1.29, 1.82) is 0 Å². The molecule has 16 N–H and O–H groups in total. The van der Waals surface area contributed by atoms with Gasteiger partial charge in [0.05, 0.1) is 62.7 Å². The average molecular weight is 1430 g/mol. The van der Waals surface area contributed by atoms with E-state index in [0.29, 0.717) is 37.0 Å². The molecule has 5 aliphatic heterocycles. The summed E-state index contributed by atoms with van der Waals surface area (Å²) in [6.45, 7) is 10.1. The molecule has 11 rings (SSSR count). The first kappa shape index (κ1) is 77.1. The summed E-state index contributed by atoms with van der Waals surface area (Å²) in [6.07, 6.45) is -36.7. The van der Waals surface area contributed by atoms with Crippen LogP contribution >= 0.6 is 0 Å². The number of rotatable bonds is 18. The van der Waals surface area contributed by atoms with Crippen molar-refractivity contribution in [1.82, 2.24) is 0 Å². The Kier molecular flexibility index (Phi) is 22.6. The zero-order chi connectivity index (χ0) is 72.8. The number of esters is 2. The highest BCUT2D eigenvalue weighted by Crippen LogP contribution is 2.76. The number of allylic oxidation sites excluding steroid dienone is 1. The Hall–Kier alpha value is -4.05. The lowest BCUT2D eigenvalue weighted by molar-refractivity contribution is -0.378. The normalized spacial score (nSPS) is 49.4. The van der Waals surface area contributed by atoms with E-state index >= 15 is 4.79 Å². The standard InChI is InChI=1S/C69H102O31/c1-29-53(97-57-48(81)44(77)38(27-90-57)95-59-49(82)45(78)42(75)36(25-70)93-59)47(80)51(84)58(91-29)98-55-52(85)54(96-41(74)16-11-31-9-12-32(89-8)13-10-31)30(2)92-61(55)100-63(88)68-20-19-64(3,4)23-34(68)33-14-15-39-65(5)24-35(73)56(99-60-50(83)46(79)43(76)37(26-71)94-60)67(7,62(86)87)40(65)17-18-66(39,6)69(33,28-72)22-21-68/h9-14,16,29-30,34-40,42-61,70-73,75-85H,15,17-28H2,1-8H3,(H,86,87)/b16-11+/t29-,30+,34-,35-,36+,37+,38+,39?,40?,42-,43+,44-,45-,46-,47-,48+,49+,50+,51+,52-,53-,54-,55+,56-,57-,58-,59-,60-,61-,65+,66+,67-,68-,69-/m0/s1. The number of aliphatic hydroxyl groups is 15. The molecule has 5 saturated heterocycles. The molecule has 10 aliphatic rings. The van der Waals surface area contributed by atoms with Crippen molar-refractivity contribution in [3.8, 4) is 5.75 Å². The maximum Gasteiger partial charge on any atom is 0.331 e. The van der Waals surface area contributed by atoms with Crippen molar-refractivity contribution in [3.63, 3.8) is 0 Å². The van der Waals surface area contributed by atoms with Crippen molar-refractivity contribution in [3.05, 3.63) is 47.6 Å². The van der Waals surface area contributed by atoms with Crippen LogP contribution in [0.15, 0.2) is 42.0 Å². The Morgan fingerprint density at radius 1 is 0.580 bits per heavy atom. The summed E-state index contributed by atoms with van der Waals surface area (Å²) in [5.74, 6) is -4.07. The van der Waals surface area contributed by atoms with E-state index < -0.39 is 236 Å². The lowest BCUT2D eigenvalue weighted by Gasteiger charge is -2.71. The lowest BCUT2D eigenvalue weighted by atomic mass is 9.33. The minimum Gasteiger partial charge on any atom is -0.497 e. The molecule has 9 fully saturated rings. The van der Waals surface area contributed by atoms with Crippen molar-refractivity contribution < 1.29 is 153 Å². The smallest absolute Gasteiger partial charge is 0.331 e. The fourth-order valence-corrected chi connectivity index (χ4v) is 19.0. The number of hydrogen-bond acceptors (Lipinski definition) is 30. The van der Waals surface area contributed by atoms with Crippen LogP contribution in [0.4, 0.5) is 0 Å². The first-order valence-electron chi connectivity index (χ1n) is 34.6. The van der Waals surface area contributed by atoms with Crippen LogP contribution in [0.5, 0.6) is 5.75 Å². The van der Waals surface area contributed by atoms with Gasteiger partial charge in [0.2, 0.25) is 6.29 Å². The summed E-state index contributed by atoms with van der Waals surface area (Å²) < 4.78 is 71.1. The molecule has 1 aromatic carbocycles. The highest BCUT2D eigenvalue weighted by molar-refractivity contribution is 5.87. The van der Waals surface area contributed by atoms with E-state index in [1.165, 1.54) is 34.0 Å². The van der Waals surface area contributed by atoms with Crippen LogP contribution in [0.2, 0.25) is 0 Å². The quantitative estimate of drug-likeness (QED) is 0.0320. The number of carbonyl (C=O) groups excluding carboxylic acids is 2. The van der Waals surface area contributed by atoms with Gasteiger partial charge in [-0.3, -0.25) is 9.59 Å². The van der Waals surface area contributed by atoms with Crippen LogP contribution in [0.25, 0.3) is 6.08 Å². The van der Waals surface area contributed by atoms with Gasteiger partial charge in [0, 0.05) is 11.5 Å². The van der Waals surface area contributed by atoms with Gasteiger partial charge < -0.3 is 139 Å². The van der Waals surface area contributed by atoms with Crippen LogP contribution in [0, 0.1) is 50.2 Å². The maximum atomic E-state index is 15.9. The van der Waals surface area contributed by atoms with Gasteiger partial charge in [-0.2, -0.15) is 0 Å². The topological polar surface area (TPSA) is 486 Å². The van der Waals surface area contributed by atoms with Crippen molar-refractivity contribution >= 4 is 24.0 Å². The molecule has 34 atom stereocenters. The summed E-state index contributed by atoms with van der Waals surface area (Å²) in [6, 6.07) is 6.74. The van der Waals surface area contributed by atoms with E-state index in [4.69, 9.17) is 56.8 Å². The number of carboxylic acids is 1.